The summed E-state index contributed by atoms with van der Waals surface area (Å²) in [6, 6.07) is 4.98. The van der Waals surface area contributed by atoms with Gasteiger partial charge in [0.15, 0.2) is 0 Å². The molecule has 0 radical (unpaired) electrons. The molecule has 124 valence electrons. The Hall–Kier alpha value is -1.05. The Bertz CT molecular complexity index is 893. The maximum absolute atomic E-state index is 12.5. The van der Waals surface area contributed by atoms with Crippen molar-refractivity contribution in [2.24, 2.45) is 0 Å². The zero-order chi connectivity index (χ0) is 17.3. The summed E-state index contributed by atoms with van der Waals surface area (Å²) in [7, 11) is 0. The third kappa shape index (κ3) is 3.78. The standard InChI is InChI=1S/C15H10Cl3N3OS2/c1-7(24-15-13-11(2-3-23-13)19-6-20-15)14(22)21-12-9(17)4-8(16)5-10(12)18/h2-7H,1H3,(H,21,22). The van der Waals surface area contributed by atoms with Gasteiger partial charge in [0.25, 0.3) is 0 Å². The van der Waals surface area contributed by atoms with E-state index in [9.17, 15) is 4.79 Å². The van der Waals surface area contributed by atoms with Crippen LogP contribution >= 0.6 is 57.9 Å². The van der Waals surface area contributed by atoms with Gasteiger partial charge in [0.05, 0.1) is 31.2 Å². The van der Waals surface area contributed by atoms with Gasteiger partial charge in [-0.05, 0) is 30.5 Å². The average Bonchev–Trinajstić information content (AvgIpc) is 3.00. The molecule has 0 aliphatic carbocycles. The summed E-state index contributed by atoms with van der Waals surface area (Å²) in [6.07, 6.45) is 1.49. The number of nitrogens with one attached hydrogen (secondary N) is 1. The van der Waals surface area contributed by atoms with Crippen LogP contribution in [0.4, 0.5) is 5.69 Å². The molecular weight excluding hydrogens is 409 g/mol. The highest BCUT2D eigenvalue weighted by atomic mass is 35.5. The van der Waals surface area contributed by atoms with Gasteiger partial charge in [0.2, 0.25) is 5.91 Å². The van der Waals surface area contributed by atoms with Crippen LogP contribution in [0.2, 0.25) is 15.1 Å². The van der Waals surface area contributed by atoms with E-state index in [0.29, 0.717) is 20.8 Å². The fourth-order valence-corrected chi connectivity index (χ4v) is 4.71. The normalized spacial score (nSPS) is 12.3. The van der Waals surface area contributed by atoms with Crippen molar-refractivity contribution in [3.8, 4) is 0 Å². The van der Waals surface area contributed by atoms with Crippen LogP contribution in [0.1, 0.15) is 6.92 Å². The lowest BCUT2D eigenvalue weighted by Crippen LogP contribution is -2.23. The molecule has 2 aromatic heterocycles. The van der Waals surface area contributed by atoms with Crippen molar-refractivity contribution in [3.05, 3.63) is 45.0 Å². The first-order chi connectivity index (χ1) is 11.5. The number of hydrogen-bond donors (Lipinski definition) is 1. The Kier molecular flexibility index (Phi) is 5.52. The highest BCUT2D eigenvalue weighted by Crippen LogP contribution is 2.35. The number of thiophene rings is 1. The number of nitrogens with zero attached hydrogens (tertiary/aromatic N) is 2. The molecule has 1 unspecified atom stereocenters. The van der Waals surface area contributed by atoms with E-state index in [1.54, 1.807) is 18.3 Å². The van der Waals surface area contributed by atoms with Crippen LogP contribution in [0.3, 0.4) is 0 Å². The third-order valence-corrected chi connectivity index (χ3v) is 6.08. The number of carbonyl (C=O) groups is 1. The largest absolute Gasteiger partial charge is 0.323 e. The van der Waals surface area contributed by atoms with Gasteiger partial charge in [0.1, 0.15) is 11.4 Å². The second kappa shape index (κ2) is 7.45. The van der Waals surface area contributed by atoms with Crippen LogP contribution in [0.5, 0.6) is 0 Å². The van der Waals surface area contributed by atoms with Gasteiger partial charge in [-0.15, -0.1) is 11.3 Å². The van der Waals surface area contributed by atoms with Crippen molar-refractivity contribution in [1.82, 2.24) is 9.97 Å². The molecule has 1 amide bonds. The van der Waals surface area contributed by atoms with Crippen molar-refractivity contribution in [3.63, 3.8) is 0 Å². The van der Waals surface area contributed by atoms with E-state index < -0.39 is 5.25 Å². The van der Waals surface area contributed by atoms with Gasteiger partial charge >= 0.3 is 0 Å². The number of rotatable bonds is 4. The minimum Gasteiger partial charge on any atom is -0.323 e. The summed E-state index contributed by atoms with van der Waals surface area (Å²) < 4.78 is 0.963. The smallest absolute Gasteiger partial charge is 0.237 e. The molecule has 1 aromatic carbocycles. The summed E-state index contributed by atoms with van der Waals surface area (Å²) in [5.41, 5.74) is 1.22. The number of amides is 1. The minimum atomic E-state index is -0.395. The van der Waals surface area contributed by atoms with Crippen LogP contribution in [0, 0.1) is 0 Å². The van der Waals surface area contributed by atoms with Gasteiger partial charge < -0.3 is 5.32 Å². The molecule has 0 bridgehead atoms. The Labute approximate surface area is 161 Å². The van der Waals surface area contributed by atoms with Crippen molar-refractivity contribution in [1.29, 1.82) is 0 Å². The number of hydrogen-bond acceptors (Lipinski definition) is 5. The summed E-state index contributed by atoms with van der Waals surface area (Å²) >= 11 is 21.0. The second-order valence-electron chi connectivity index (χ2n) is 4.81. The number of fused-ring (bicyclic) bond motifs is 1. The predicted molar refractivity (Wildman–Crippen MR) is 103 cm³/mol. The van der Waals surface area contributed by atoms with Crippen LogP contribution in [0.25, 0.3) is 10.2 Å². The minimum absolute atomic E-state index is 0.227. The number of anilines is 1. The molecule has 0 fully saturated rings. The lowest BCUT2D eigenvalue weighted by atomic mass is 10.3. The highest BCUT2D eigenvalue weighted by Gasteiger charge is 2.20. The van der Waals surface area contributed by atoms with Crippen LogP contribution in [-0.4, -0.2) is 21.1 Å². The summed E-state index contributed by atoms with van der Waals surface area (Å²) in [6.45, 7) is 1.79. The molecule has 0 aliphatic rings. The van der Waals surface area contributed by atoms with Gasteiger partial charge in [-0.25, -0.2) is 9.97 Å². The molecule has 3 aromatic rings. The maximum Gasteiger partial charge on any atom is 0.237 e. The predicted octanol–water partition coefficient (Wildman–Crippen LogP) is 5.77. The first kappa shape index (κ1) is 17.8. The van der Waals surface area contributed by atoms with Crippen molar-refractivity contribution >= 4 is 79.7 Å². The Morgan fingerprint density at radius 3 is 2.67 bits per heavy atom. The Balaban J connectivity index is 1.77. The molecule has 24 heavy (non-hydrogen) atoms. The fraction of sp³-hybridized carbons (Fsp3) is 0.133. The SMILES string of the molecule is CC(Sc1ncnc2ccsc12)C(=O)Nc1c(Cl)cc(Cl)cc1Cl. The van der Waals surface area contributed by atoms with Crippen LogP contribution < -0.4 is 5.32 Å². The number of benzene rings is 1. The van der Waals surface area contributed by atoms with E-state index in [1.165, 1.54) is 30.2 Å². The van der Waals surface area contributed by atoms with Gasteiger partial charge in [-0.2, -0.15) is 0 Å². The van der Waals surface area contributed by atoms with E-state index >= 15 is 0 Å². The number of halogens is 3. The van der Waals surface area contributed by atoms with Gasteiger partial charge in [-0.1, -0.05) is 46.6 Å². The second-order valence-corrected chi connectivity index (χ2v) is 8.30. The monoisotopic (exact) mass is 417 g/mol. The molecule has 0 saturated heterocycles. The maximum atomic E-state index is 12.5. The molecule has 3 rings (SSSR count). The molecule has 0 aliphatic heterocycles. The van der Waals surface area contributed by atoms with Crippen molar-refractivity contribution in [2.45, 2.75) is 17.2 Å². The van der Waals surface area contributed by atoms with Crippen molar-refractivity contribution in [2.75, 3.05) is 5.32 Å². The Morgan fingerprint density at radius 1 is 1.25 bits per heavy atom. The van der Waals surface area contributed by atoms with Gasteiger partial charge in [0, 0.05) is 5.02 Å². The van der Waals surface area contributed by atoms with Crippen molar-refractivity contribution < 1.29 is 4.79 Å². The van der Waals surface area contributed by atoms with E-state index in [0.717, 1.165) is 15.2 Å². The molecule has 9 heteroatoms. The molecule has 1 N–H and O–H groups in total. The first-order valence-electron chi connectivity index (χ1n) is 6.76. The third-order valence-electron chi connectivity index (χ3n) is 3.12. The Morgan fingerprint density at radius 2 is 1.96 bits per heavy atom. The average molecular weight is 419 g/mol. The lowest BCUT2D eigenvalue weighted by Gasteiger charge is -2.14. The molecule has 2 heterocycles. The summed E-state index contributed by atoms with van der Waals surface area (Å²) in [5, 5.41) is 6.06. The van der Waals surface area contributed by atoms with E-state index in [4.69, 9.17) is 34.8 Å². The highest BCUT2D eigenvalue weighted by molar-refractivity contribution is 8.00. The summed E-state index contributed by atoms with van der Waals surface area (Å²) in [4.78, 5) is 20.9. The molecule has 1 atom stereocenters. The molecule has 0 spiro atoms. The van der Waals surface area contributed by atoms with E-state index in [-0.39, 0.29) is 5.91 Å². The van der Waals surface area contributed by atoms with E-state index in [1.807, 2.05) is 11.4 Å². The fourth-order valence-electron chi connectivity index (χ4n) is 1.96. The first-order valence-corrected chi connectivity index (χ1v) is 9.65. The summed E-state index contributed by atoms with van der Waals surface area (Å²) in [5.74, 6) is -0.227. The number of carbonyl (C=O) groups excluding carboxylic acids is 1. The number of thioether (sulfide) groups is 1. The van der Waals surface area contributed by atoms with Gasteiger partial charge in [-0.3, -0.25) is 4.79 Å². The lowest BCUT2D eigenvalue weighted by molar-refractivity contribution is -0.115. The molecular formula is C15H10Cl3N3OS2. The zero-order valence-electron chi connectivity index (χ0n) is 12.2. The number of aromatic nitrogens is 2. The van der Waals surface area contributed by atoms with E-state index in [2.05, 4.69) is 15.3 Å². The molecule has 0 saturated carbocycles. The van der Waals surface area contributed by atoms with Crippen LogP contribution in [-0.2, 0) is 4.79 Å². The van der Waals surface area contributed by atoms with Crippen LogP contribution in [0.15, 0.2) is 34.9 Å². The topological polar surface area (TPSA) is 54.9 Å². The quantitative estimate of drug-likeness (QED) is 0.431. The molecule has 4 nitrogen and oxygen atoms in total. The zero-order valence-corrected chi connectivity index (χ0v) is 16.1.